The second kappa shape index (κ2) is 5.02. The summed E-state index contributed by atoms with van der Waals surface area (Å²) in [4.78, 5) is 12.1. The van der Waals surface area contributed by atoms with Crippen LogP contribution in [-0.4, -0.2) is 37.9 Å². The lowest BCUT2D eigenvalue weighted by Crippen LogP contribution is -2.39. The molecule has 0 radical (unpaired) electrons. The van der Waals surface area contributed by atoms with Crippen LogP contribution in [0.4, 0.5) is 0 Å². The molecule has 7 heteroatoms. The number of nitrogens with one attached hydrogen (secondary N) is 1. The summed E-state index contributed by atoms with van der Waals surface area (Å²) in [6.45, 7) is 0. The zero-order chi connectivity index (χ0) is 13.5. The minimum Gasteiger partial charge on any atom is -0.352 e. The molecule has 1 aromatic heterocycles. The molecule has 0 bridgehead atoms. The summed E-state index contributed by atoms with van der Waals surface area (Å²) in [6.07, 6.45) is 7.44. The van der Waals surface area contributed by atoms with Crippen molar-refractivity contribution in [2.24, 2.45) is 11.8 Å². The number of aromatic nitrogens is 4. The summed E-state index contributed by atoms with van der Waals surface area (Å²) < 4.78 is 1.86. The average Bonchev–Trinajstić information content (AvgIpc) is 3.31. The third-order valence-corrected chi connectivity index (χ3v) is 5.21. The monoisotopic (exact) mass is 293 g/mol. The number of carbonyl (C=O) groups excluding carboxylic acids is 1. The Labute approximate surface area is 122 Å². The summed E-state index contributed by atoms with van der Waals surface area (Å²) in [5.74, 6) is 2.04. The first kappa shape index (κ1) is 12.6. The van der Waals surface area contributed by atoms with Gasteiger partial charge in [0.15, 0.2) is 0 Å². The van der Waals surface area contributed by atoms with E-state index < -0.39 is 0 Å². The van der Waals surface area contributed by atoms with Gasteiger partial charge in [-0.15, -0.1) is 5.10 Å². The molecule has 0 spiro atoms. The molecule has 0 saturated heterocycles. The standard InChI is InChI=1S/C13H19N5OS/c19-11(14-12(8-1-2-8)9-3-4-9)7-20-13-15-16-17-18(13)10-5-6-10/h8-10,12H,1-7H2,(H,14,19). The molecular weight excluding hydrogens is 274 g/mol. The summed E-state index contributed by atoms with van der Waals surface area (Å²) >= 11 is 1.45. The molecular formula is C13H19N5OS. The number of rotatable bonds is 7. The third-order valence-electron chi connectivity index (χ3n) is 4.28. The van der Waals surface area contributed by atoms with Gasteiger partial charge in [0.1, 0.15) is 0 Å². The highest BCUT2D eigenvalue weighted by molar-refractivity contribution is 7.99. The number of hydrogen-bond acceptors (Lipinski definition) is 5. The van der Waals surface area contributed by atoms with Crippen LogP contribution in [0.15, 0.2) is 5.16 Å². The van der Waals surface area contributed by atoms with Crippen LogP contribution in [0.3, 0.4) is 0 Å². The number of carbonyl (C=O) groups is 1. The average molecular weight is 293 g/mol. The van der Waals surface area contributed by atoms with Gasteiger partial charge in [0.2, 0.25) is 11.1 Å². The predicted octanol–water partition coefficient (Wildman–Crippen LogP) is 1.40. The van der Waals surface area contributed by atoms with Crippen molar-refractivity contribution in [3.63, 3.8) is 0 Å². The van der Waals surface area contributed by atoms with E-state index in [0.29, 0.717) is 17.8 Å². The maximum Gasteiger partial charge on any atom is 0.230 e. The molecule has 108 valence electrons. The van der Waals surface area contributed by atoms with Gasteiger partial charge in [-0.2, -0.15) is 0 Å². The Kier molecular flexibility index (Phi) is 3.17. The molecule has 0 unspecified atom stereocenters. The van der Waals surface area contributed by atoms with E-state index in [-0.39, 0.29) is 5.91 Å². The van der Waals surface area contributed by atoms with E-state index in [2.05, 4.69) is 20.8 Å². The Balaban J connectivity index is 1.29. The lowest BCUT2D eigenvalue weighted by molar-refractivity contribution is -0.119. The van der Waals surface area contributed by atoms with Crippen LogP contribution < -0.4 is 5.32 Å². The maximum absolute atomic E-state index is 12.1. The first-order chi connectivity index (χ1) is 9.81. The molecule has 3 aliphatic carbocycles. The molecule has 1 heterocycles. The molecule has 3 fully saturated rings. The Morgan fingerprint density at radius 2 is 1.95 bits per heavy atom. The molecule has 4 rings (SSSR count). The first-order valence-electron chi connectivity index (χ1n) is 7.51. The molecule has 0 atom stereocenters. The molecule has 0 aliphatic heterocycles. The molecule has 3 aliphatic rings. The van der Waals surface area contributed by atoms with Gasteiger partial charge < -0.3 is 5.32 Å². The highest BCUT2D eigenvalue weighted by Crippen LogP contribution is 2.44. The number of hydrogen-bond donors (Lipinski definition) is 1. The summed E-state index contributed by atoms with van der Waals surface area (Å²) in [6, 6.07) is 0.892. The van der Waals surface area contributed by atoms with Crippen molar-refractivity contribution in [3.8, 4) is 0 Å². The number of thioether (sulfide) groups is 1. The van der Waals surface area contributed by atoms with E-state index >= 15 is 0 Å². The fraction of sp³-hybridized carbons (Fsp3) is 0.846. The highest BCUT2D eigenvalue weighted by Gasteiger charge is 2.42. The van der Waals surface area contributed by atoms with Crippen molar-refractivity contribution in [1.29, 1.82) is 0 Å². The topological polar surface area (TPSA) is 72.7 Å². The van der Waals surface area contributed by atoms with Gasteiger partial charge in [-0.25, -0.2) is 4.68 Å². The van der Waals surface area contributed by atoms with Gasteiger partial charge in [0.25, 0.3) is 0 Å². The van der Waals surface area contributed by atoms with Gasteiger partial charge in [0, 0.05) is 6.04 Å². The summed E-state index contributed by atoms with van der Waals surface area (Å²) in [5, 5.41) is 15.7. The lowest BCUT2D eigenvalue weighted by atomic mass is 10.1. The van der Waals surface area contributed by atoms with Crippen LogP contribution in [0.1, 0.15) is 44.6 Å². The quantitative estimate of drug-likeness (QED) is 0.769. The van der Waals surface area contributed by atoms with E-state index in [0.717, 1.165) is 29.8 Å². The minimum atomic E-state index is 0.129. The highest BCUT2D eigenvalue weighted by atomic mass is 32.2. The third kappa shape index (κ3) is 2.82. The Morgan fingerprint density at radius 1 is 1.25 bits per heavy atom. The second-order valence-electron chi connectivity index (χ2n) is 6.19. The van der Waals surface area contributed by atoms with Crippen LogP contribution >= 0.6 is 11.8 Å². The largest absolute Gasteiger partial charge is 0.352 e. The van der Waals surface area contributed by atoms with Gasteiger partial charge >= 0.3 is 0 Å². The van der Waals surface area contributed by atoms with E-state index in [1.807, 2.05) is 4.68 Å². The van der Waals surface area contributed by atoms with Crippen molar-refractivity contribution in [3.05, 3.63) is 0 Å². The van der Waals surface area contributed by atoms with Crippen LogP contribution in [0.2, 0.25) is 0 Å². The summed E-state index contributed by atoms with van der Waals surface area (Å²) in [7, 11) is 0. The fourth-order valence-electron chi connectivity index (χ4n) is 2.72. The predicted molar refractivity (Wildman–Crippen MR) is 74.2 cm³/mol. The molecule has 0 aromatic carbocycles. The Hall–Kier alpha value is -1.11. The molecule has 1 amide bonds. The van der Waals surface area contributed by atoms with Crippen molar-refractivity contribution in [1.82, 2.24) is 25.5 Å². The fourth-order valence-corrected chi connectivity index (χ4v) is 3.47. The van der Waals surface area contributed by atoms with Crippen LogP contribution in [0, 0.1) is 11.8 Å². The molecule has 3 saturated carbocycles. The number of tetrazole rings is 1. The van der Waals surface area contributed by atoms with Crippen LogP contribution in [-0.2, 0) is 4.79 Å². The minimum absolute atomic E-state index is 0.129. The van der Waals surface area contributed by atoms with Crippen molar-refractivity contribution in [2.75, 3.05) is 5.75 Å². The zero-order valence-electron chi connectivity index (χ0n) is 11.4. The van der Waals surface area contributed by atoms with Gasteiger partial charge in [0.05, 0.1) is 11.8 Å². The van der Waals surface area contributed by atoms with Gasteiger partial charge in [-0.1, -0.05) is 11.8 Å². The van der Waals surface area contributed by atoms with E-state index in [9.17, 15) is 4.79 Å². The molecule has 1 N–H and O–H groups in total. The van der Waals surface area contributed by atoms with Crippen LogP contribution in [0.5, 0.6) is 0 Å². The molecule has 1 aromatic rings. The zero-order valence-corrected chi connectivity index (χ0v) is 12.2. The number of nitrogens with zero attached hydrogens (tertiary/aromatic N) is 4. The van der Waals surface area contributed by atoms with E-state index in [1.54, 1.807) is 0 Å². The normalized spacial score (nSPS) is 22.2. The van der Waals surface area contributed by atoms with Crippen molar-refractivity contribution >= 4 is 17.7 Å². The Bertz CT molecular complexity index is 495. The first-order valence-corrected chi connectivity index (χ1v) is 8.50. The SMILES string of the molecule is O=C(CSc1nnnn1C1CC1)NC(C1CC1)C1CC1. The lowest BCUT2D eigenvalue weighted by Gasteiger charge is -2.17. The molecule has 6 nitrogen and oxygen atoms in total. The second-order valence-corrected chi connectivity index (χ2v) is 7.14. The maximum atomic E-state index is 12.1. The smallest absolute Gasteiger partial charge is 0.230 e. The van der Waals surface area contributed by atoms with Gasteiger partial charge in [-0.3, -0.25) is 4.79 Å². The molecule has 20 heavy (non-hydrogen) atoms. The number of amides is 1. The van der Waals surface area contributed by atoms with Crippen molar-refractivity contribution in [2.45, 2.75) is 55.8 Å². The van der Waals surface area contributed by atoms with E-state index in [4.69, 9.17) is 0 Å². The Morgan fingerprint density at radius 3 is 2.55 bits per heavy atom. The van der Waals surface area contributed by atoms with Crippen molar-refractivity contribution < 1.29 is 4.79 Å². The summed E-state index contributed by atoms with van der Waals surface area (Å²) in [5.41, 5.74) is 0. The van der Waals surface area contributed by atoms with E-state index in [1.165, 1.54) is 37.4 Å². The van der Waals surface area contributed by atoms with Crippen LogP contribution in [0.25, 0.3) is 0 Å². The van der Waals surface area contributed by atoms with Gasteiger partial charge in [-0.05, 0) is 60.8 Å².